The third-order valence-corrected chi connectivity index (χ3v) is 9.96. The van der Waals surface area contributed by atoms with Crippen LogP contribution in [0.2, 0.25) is 0 Å². The van der Waals surface area contributed by atoms with Crippen molar-refractivity contribution in [3.05, 3.63) is 12.2 Å². The van der Waals surface area contributed by atoms with Gasteiger partial charge in [-0.2, -0.15) is 0 Å². The van der Waals surface area contributed by atoms with Gasteiger partial charge in [0, 0.05) is 12.8 Å². The third-order valence-electron chi connectivity index (χ3n) is 9.01. The van der Waals surface area contributed by atoms with E-state index in [9.17, 15) is 23.8 Å². The number of phosphoric acid groups is 1. The summed E-state index contributed by atoms with van der Waals surface area (Å²) in [4.78, 5) is 45.7. The molecule has 0 aliphatic rings. The van der Waals surface area contributed by atoms with E-state index < -0.39 is 51.1 Å². The van der Waals surface area contributed by atoms with Crippen molar-refractivity contribution in [1.29, 1.82) is 0 Å². The zero-order valence-corrected chi connectivity index (χ0v) is 33.8. The summed E-state index contributed by atoms with van der Waals surface area (Å²) in [5, 5.41) is 8.86. The summed E-state index contributed by atoms with van der Waals surface area (Å²) in [5.74, 6) is -2.38. The molecule has 0 saturated heterocycles. The average Bonchev–Trinajstić information content (AvgIpc) is 3.12. The van der Waals surface area contributed by atoms with Crippen molar-refractivity contribution >= 4 is 25.7 Å². The van der Waals surface area contributed by atoms with Crippen molar-refractivity contribution in [3.8, 4) is 0 Å². The lowest BCUT2D eigenvalue weighted by atomic mass is 10.1. The molecule has 52 heavy (non-hydrogen) atoms. The minimum Gasteiger partial charge on any atom is -0.480 e. The highest BCUT2D eigenvalue weighted by Crippen LogP contribution is 2.43. The number of rotatable bonds is 39. The van der Waals surface area contributed by atoms with E-state index in [0.29, 0.717) is 12.8 Å². The summed E-state index contributed by atoms with van der Waals surface area (Å²) in [7, 11) is -4.70. The molecule has 0 fully saturated rings. The maximum atomic E-state index is 12.5. The number of esters is 2. The molecule has 0 aromatic carbocycles. The maximum absolute atomic E-state index is 12.5. The minimum absolute atomic E-state index is 0.164. The van der Waals surface area contributed by atoms with Crippen LogP contribution in [0.15, 0.2) is 12.2 Å². The van der Waals surface area contributed by atoms with Crippen molar-refractivity contribution < 1.29 is 47.5 Å². The van der Waals surface area contributed by atoms with Gasteiger partial charge >= 0.3 is 25.7 Å². The molecule has 306 valence electrons. The molecule has 0 aliphatic carbocycles. The van der Waals surface area contributed by atoms with Gasteiger partial charge in [-0.3, -0.25) is 23.4 Å². The molecular formula is C40H76NO10P. The van der Waals surface area contributed by atoms with Crippen LogP contribution in [0.25, 0.3) is 0 Å². The fourth-order valence-electron chi connectivity index (χ4n) is 5.71. The van der Waals surface area contributed by atoms with Gasteiger partial charge in [-0.15, -0.1) is 0 Å². The number of carbonyl (C=O) groups is 3. The Kier molecular flexibility index (Phi) is 35.0. The Hall–Kier alpha value is -1.78. The summed E-state index contributed by atoms with van der Waals surface area (Å²) in [5.41, 5.74) is 5.32. The van der Waals surface area contributed by atoms with Gasteiger partial charge in [-0.25, -0.2) is 4.57 Å². The predicted molar refractivity (Wildman–Crippen MR) is 208 cm³/mol. The Morgan fingerprint density at radius 2 is 0.962 bits per heavy atom. The highest BCUT2D eigenvalue weighted by atomic mass is 31.2. The number of carboxylic acids is 1. The number of aliphatic carboxylic acids is 1. The van der Waals surface area contributed by atoms with Crippen molar-refractivity contribution in [2.75, 3.05) is 19.8 Å². The van der Waals surface area contributed by atoms with E-state index in [1.807, 2.05) is 0 Å². The van der Waals surface area contributed by atoms with Gasteiger partial charge in [0.15, 0.2) is 6.10 Å². The molecule has 0 aromatic rings. The van der Waals surface area contributed by atoms with Gasteiger partial charge in [0.2, 0.25) is 0 Å². The Morgan fingerprint density at radius 3 is 1.40 bits per heavy atom. The van der Waals surface area contributed by atoms with Crippen LogP contribution < -0.4 is 5.73 Å². The second kappa shape index (κ2) is 36.2. The van der Waals surface area contributed by atoms with E-state index in [0.717, 1.165) is 44.9 Å². The van der Waals surface area contributed by atoms with Crippen molar-refractivity contribution in [2.45, 2.75) is 206 Å². The maximum Gasteiger partial charge on any atom is 0.472 e. The van der Waals surface area contributed by atoms with Gasteiger partial charge in [0.05, 0.1) is 13.2 Å². The van der Waals surface area contributed by atoms with Crippen LogP contribution in [0.5, 0.6) is 0 Å². The molecule has 0 saturated carbocycles. The standard InChI is InChI=1S/C40H76NO10P/c1-3-5-7-9-11-13-14-15-16-17-18-19-20-21-22-24-25-27-29-31-38(42)48-33-36(34-49-52(46,47)50-35-37(41)40(44)45)51-39(43)32-30-28-26-23-12-10-8-6-4-2/h17-18,36-37H,3-16,19-35,41H2,1-2H3,(H,44,45)(H,46,47)/b18-17-/t36-,37+/m1/s1. The number of phosphoric ester groups is 1. The molecule has 0 radical (unpaired) electrons. The number of hydrogen-bond donors (Lipinski definition) is 3. The summed E-state index contributed by atoms with van der Waals surface area (Å²) in [6, 6.07) is -1.52. The second-order valence-electron chi connectivity index (χ2n) is 14.1. The molecule has 0 aromatic heterocycles. The number of nitrogens with two attached hydrogens (primary N) is 1. The smallest absolute Gasteiger partial charge is 0.472 e. The first kappa shape index (κ1) is 50.2. The Morgan fingerprint density at radius 1 is 0.577 bits per heavy atom. The van der Waals surface area contributed by atoms with Crippen LogP contribution in [-0.2, 0) is 37.5 Å². The highest BCUT2D eigenvalue weighted by Gasteiger charge is 2.28. The Balaban J connectivity index is 4.27. The topological polar surface area (TPSA) is 172 Å². The van der Waals surface area contributed by atoms with Crippen molar-refractivity contribution in [3.63, 3.8) is 0 Å². The summed E-state index contributed by atoms with van der Waals surface area (Å²) in [6.07, 6.45) is 34.3. The van der Waals surface area contributed by atoms with Crippen LogP contribution in [0.4, 0.5) is 0 Å². The number of allylic oxidation sites excluding steroid dienone is 2. The van der Waals surface area contributed by atoms with Crippen LogP contribution in [0.3, 0.4) is 0 Å². The van der Waals surface area contributed by atoms with Crippen LogP contribution in [-0.4, -0.2) is 59.9 Å². The molecule has 0 heterocycles. The first-order valence-corrected chi connectivity index (χ1v) is 22.2. The highest BCUT2D eigenvalue weighted by molar-refractivity contribution is 7.47. The number of ether oxygens (including phenoxy) is 2. The Labute approximate surface area is 316 Å². The summed E-state index contributed by atoms with van der Waals surface area (Å²) < 4.78 is 32.6. The predicted octanol–water partition coefficient (Wildman–Crippen LogP) is 10.5. The van der Waals surface area contributed by atoms with E-state index in [2.05, 4.69) is 30.5 Å². The zero-order valence-electron chi connectivity index (χ0n) is 32.9. The normalized spacial score (nSPS) is 13.9. The van der Waals surface area contributed by atoms with Gasteiger partial charge in [-0.1, -0.05) is 154 Å². The second-order valence-corrected chi connectivity index (χ2v) is 15.6. The molecule has 4 N–H and O–H groups in total. The van der Waals surface area contributed by atoms with Gasteiger partial charge in [0.1, 0.15) is 12.6 Å². The molecule has 12 heteroatoms. The van der Waals surface area contributed by atoms with Crippen LogP contribution in [0, 0.1) is 0 Å². The lowest BCUT2D eigenvalue weighted by molar-refractivity contribution is -0.161. The van der Waals surface area contributed by atoms with E-state index in [-0.39, 0.29) is 19.4 Å². The first-order chi connectivity index (χ1) is 25.1. The van der Waals surface area contributed by atoms with E-state index in [1.165, 1.54) is 109 Å². The lowest BCUT2D eigenvalue weighted by Gasteiger charge is -2.20. The average molecular weight is 762 g/mol. The monoisotopic (exact) mass is 762 g/mol. The minimum atomic E-state index is -4.70. The number of carbonyl (C=O) groups excluding carboxylic acids is 2. The molecule has 0 aliphatic heterocycles. The van der Waals surface area contributed by atoms with E-state index in [1.54, 1.807) is 0 Å². The molecule has 11 nitrogen and oxygen atoms in total. The Bertz CT molecular complexity index is 947. The number of hydrogen-bond acceptors (Lipinski definition) is 9. The van der Waals surface area contributed by atoms with Gasteiger partial charge < -0.3 is 25.2 Å². The number of carboxylic acid groups (broad SMARTS) is 1. The molecule has 0 spiro atoms. The van der Waals surface area contributed by atoms with Crippen molar-refractivity contribution in [1.82, 2.24) is 0 Å². The van der Waals surface area contributed by atoms with Crippen molar-refractivity contribution in [2.24, 2.45) is 5.73 Å². The largest absolute Gasteiger partial charge is 0.480 e. The molecule has 1 unspecified atom stereocenters. The molecule has 0 bridgehead atoms. The fourth-order valence-corrected chi connectivity index (χ4v) is 6.48. The summed E-state index contributed by atoms with van der Waals surface area (Å²) >= 11 is 0. The zero-order chi connectivity index (χ0) is 38.5. The SMILES string of the molecule is CCCCCCCCCC/C=C\CCCCCCCCCC(=O)OC[C@H](COP(=O)(O)OC[C@H](N)C(=O)O)OC(=O)CCCCCCCCCCC. The fraction of sp³-hybridized carbons (Fsp3) is 0.875. The molecule has 0 amide bonds. The van der Waals surface area contributed by atoms with E-state index >= 15 is 0 Å². The van der Waals surface area contributed by atoms with Crippen LogP contribution in [0.1, 0.15) is 194 Å². The van der Waals surface area contributed by atoms with Crippen LogP contribution >= 0.6 is 7.82 Å². The van der Waals surface area contributed by atoms with Gasteiger partial charge in [0.25, 0.3) is 0 Å². The quantitative estimate of drug-likeness (QED) is 0.0235. The summed E-state index contributed by atoms with van der Waals surface area (Å²) in [6.45, 7) is 2.77. The van der Waals surface area contributed by atoms with Gasteiger partial charge in [-0.05, 0) is 38.5 Å². The number of unbranched alkanes of at least 4 members (excludes halogenated alkanes) is 23. The first-order valence-electron chi connectivity index (χ1n) is 20.7. The molecular weight excluding hydrogens is 685 g/mol. The lowest BCUT2D eigenvalue weighted by Crippen LogP contribution is -2.34. The van der Waals surface area contributed by atoms with E-state index in [4.69, 9.17) is 24.8 Å². The molecule has 0 rings (SSSR count). The molecule has 3 atom stereocenters. The third kappa shape index (κ3) is 35.3.